The molecule has 0 unspecified atom stereocenters. The second kappa shape index (κ2) is 9.09. The predicted octanol–water partition coefficient (Wildman–Crippen LogP) is 1.50. The lowest BCUT2D eigenvalue weighted by molar-refractivity contribution is -0.148. The van der Waals surface area contributed by atoms with Crippen LogP contribution in [-0.4, -0.2) is 58.4 Å². The molecule has 3 aromatic rings. The molecule has 0 saturated carbocycles. The van der Waals surface area contributed by atoms with E-state index in [1.807, 2.05) is 15.5 Å². The van der Waals surface area contributed by atoms with Crippen LogP contribution in [-0.2, 0) is 45.9 Å². The van der Waals surface area contributed by atoms with Crippen LogP contribution in [0.25, 0.3) is 0 Å². The van der Waals surface area contributed by atoms with E-state index in [1.165, 1.54) is 6.07 Å². The Morgan fingerprint density at radius 2 is 1.84 bits per heavy atom. The van der Waals surface area contributed by atoms with Crippen molar-refractivity contribution < 1.29 is 18.3 Å². The van der Waals surface area contributed by atoms with Gasteiger partial charge in [0.05, 0.1) is 12.2 Å². The highest BCUT2D eigenvalue weighted by atomic mass is 19.4. The molecule has 3 aliphatic rings. The monoisotopic (exact) mass is 531 g/mol. The average molecular weight is 532 g/mol. The van der Waals surface area contributed by atoms with Gasteiger partial charge in [0.2, 0.25) is 11.3 Å². The Kier molecular flexibility index (Phi) is 5.94. The number of aromatic nitrogens is 5. The molecule has 13 heteroatoms. The number of hydrogen-bond acceptors (Lipinski definition) is 7. The van der Waals surface area contributed by atoms with Crippen molar-refractivity contribution in [3.05, 3.63) is 73.6 Å². The van der Waals surface area contributed by atoms with Gasteiger partial charge in [-0.3, -0.25) is 19.4 Å². The molecule has 6 rings (SSSR count). The molecule has 0 aromatic carbocycles. The molecular formula is C25H28F3N7O3. The molecule has 10 nitrogen and oxygen atoms in total. The summed E-state index contributed by atoms with van der Waals surface area (Å²) in [6.45, 7) is 3.39. The number of fused-ring (bicyclic) bond motifs is 5. The van der Waals surface area contributed by atoms with Crippen LogP contribution < -0.4 is 11.0 Å². The van der Waals surface area contributed by atoms with Crippen LogP contribution in [0.2, 0.25) is 0 Å². The first-order chi connectivity index (χ1) is 18.1. The molecule has 3 aromatic heterocycles. The molecule has 1 N–H and O–H groups in total. The molecular weight excluding hydrogens is 503 g/mol. The predicted molar refractivity (Wildman–Crippen MR) is 129 cm³/mol. The minimum Gasteiger partial charge on any atom is -0.503 e. The van der Waals surface area contributed by atoms with Crippen molar-refractivity contribution >= 4 is 0 Å². The largest absolute Gasteiger partial charge is 0.503 e. The van der Waals surface area contributed by atoms with Crippen LogP contribution in [0, 0.1) is 5.92 Å². The molecule has 0 radical (unpaired) electrons. The zero-order valence-corrected chi connectivity index (χ0v) is 20.9. The van der Waals surface area contributed by atoms with Gasteiger partial charge in [0, 0.05) is 82.3 Å². The van der Waals surface area contributed by atoms with Gasteiger partial charge in [0.25, 0.3) is 5.56 Å². The average Bonchev–Trinajstić information content (AvgIpc) is 3.30. The van der Waals surface area contributed by atoms with Gasteiger partial charge >= 0.3 is 6.18 Å². The number of hydrogen-bond donors (Lipinski definition) is 1. The smallest absolute Gasteiger partial charge is 0.451 e. The Bertz CT molecular complexity index is 1510. The number of likely N-dealkylation sites (tertiary alicyclic amines) is 1. The number of nitrogens with zero attached hydrogens (tertiary/aromatic N) is 7. The first-order valence-electron chi connectivity index (χ1n) is 12.6. The fraction of sp³-hybridized carbons (Fsp3) is 0.520. The van der Waals surface area contributed by atoms with Gasteiger partial charge in [0.1, 0.15) is 5.82 Å². The zero-order valence-electron chi connectivity index (χ0n) is 20.9. The van der Waals surface area contributed by atoms with Gasteiger partial charge in [-0.15, -0.1) is 10.2 Å². The SMILES string of the molecule is Cn1c(CN2C[C@@H]3C[C@H](C2)c2cccc(=O)n2C3)cc(=O)c(O)c1CN1CCn2c(nnc2C(F)(F)F)C1. The van der Waals surface area contributed by atoms with Gasteiger partial charge in [-0.1, -0.05) is 6.07 Å². The standard InChI is InChI=1S/C25H28F3N7O3/c1-31-17(12-33-9-15-7-16(11-33)18-3-2-4-22(37)35(18)10-15)8-20(36)23(38)19(31)13-32-5-6-34-21(14-32)29-30-24(34)25(26,27)28/h2-4,8,15-16,38H,5-7,9-14H2,1H3/t15-,16+/m0/s1. The van der Waals surface area contributed by atoms with Crippen molar-refractivity contribution in [2.45, 2.75) is 51.2 Å². The quantitative estimate of drug-likeness (QED) is 0.545. The van der Waals surface area contributed by atoms with Crippen molar-refractivity contribution in [1.29, 1.82) is 0 Å². The highest BCUT2D eigenvalue weighted by molar-refractivity contribution is 5.30. The highest BCUT2D eigenvalue weighted by Gasteiger charge is 2.40. The third-order valence-electron chi connectivity index (χ3n) is 8.04. The van der Waals surface area contributed by atoms with Crippen LogP contribution in [0.5, 0.6) is 5.75 Å². The van der Waals surface area contributed by atoms with E-state index in [2.05, 4.69) is 15.1 Å². The number of halogens is 3. The second-order valence-corrected chi connectivity index (χ2v) is 10.5. The summed E-state index contributed by atoms with van der Waals surface area (Å²) in [6.07, 6.45) is -3.55. The molecule has 3 aliphatic heterocycles. The van der Waals surface area contributed by atoms with E-state index in [-0.39, 0.29) is 42.7 Å². The fourth-order valence-electron chi connectivity index (χ4n) is 6.24. The van der Waals surface area contributed by atoms with Gasteiger partial charge in [-0.05, 0) is 18.4 Å². The van der Waals surface area contributed by atoms with Crippen LogP contribution in [0.15, 0.2) is 33.9 Å². The summed E-state index contributed by atoms with van der Waals surface area (Å²) in [4.78, 5) is 29.2. The number of piperidine rings is 1. The van der Waals surface area contributed by atoms with E-state index in [0.717, 1.165) is 35.5 Å². The fourth-order valence-corrected chi connectivity index (χ4v) is 6.24. The Balaban J connectivity index is 1.21. The third-order valence-corrected chi connectivity index (χ3v) is 8.04. The maximum Gasteiger partial charge on any atom is 0.451 e. The molecule has 0 spiro atoms. The molecule has 1 fully saturated rings. The third kappa shape index (κ3) is 4.33. The molecule has 38 heavy (non-hydrogen) atoms. The Hall–Kier alpha value is -3.45. The van der Waals surface area contributed by atoms with Gasteiger partial charge in [0.15, 0.2) is 5.75 Å². The normalized spacial score (nSPS) is 21.8. The lowest BCUT2D eigenvalue weighted by Crippen LogP contribution is -2.47. The minimum atomic E-state index is -4.57. The molecule has 202 valence electrons. The Morgan fingerprint density at radius 1 is 1.03 bits per heavy atom. The summed E-state index contributed by atoms with van der Waals surface area (Å²) in [6, 6.07) is 6.86. The lowest BCUT2D eigenvalue weighted by Gasteiger charge is -2.43. The molecule has 2 bridgehead atoms. The summed E-state index contributed by atoms with van der Waals surface area (Å²) in [7, 11) is 1.79. The van der Waals surface area contributed by atoms with Crippen molar-refractivity contribution in [2.75, 3.05) is 19.6 Å². The summed E-state index contributed by atoms with van der Waals surface area (Å²) in [5.41, 5.74) is 1.74. The Morgan fingerprint density at radius 3 is 2.63 bits per heavy atom. The van der Waals surface area contributed by atoms with E-state index in [0.29, 0.717) is 31.2 Å². The lowest BCUT2D eigenvalue weighted by atomic mass is 9.83. The van der Waals surface area contributed by atoms with E-state index in [9.17, 15) is 27.9 Å². The van der Waals surface area contributed by atoms with Crippen LogP contribution >= 0.6 is 0 Å². The van der Waals surface area contributed by atoms with Crippen LogP contribution in [0.1, 0.15) is 41.1 Å². The van der Waals surface area contributed by atoms with E-state index >= 15 is 0 Å². The summed E-state index contributed by atoms with van der Waals surface area (Å²) < 4.78 is 44.3. The topological polar surface area (TPSA) is 101 Å². The number of pyridine rings is 2. The minimum absolute atomic E-state index is 0.0295. The number of alkyl halides is 3. The summed E-state index contributed by atoms with van der Waals surface area (Å²) >= 11 is 0. The maximum absolute atomic E-state index is 13.2. The maximum atomic E-state index is 13.2. The van der Waals surface area contributed by atoms with Gasteiger partial charge in [-0.2, -0.15) is 13.2 Å². The molecule has 0 aliphatic carbocycles. The zero-order chi connectivity index (χ0) is 26.8. The van der Waals surface area contributed by atoms with Crippen molar-refractivity contribution in [3.8, 4) is 5.75 Å². The summed E-state index contributed by atoms with van der Waals surface area (Å²) in [5, 5.41) is 17.7. The highest BCUT2D eigenvalue weighted by Crippen LogP contribution is 2.35. The summed E-state index contributed by atoms with van der Waals surface area (Å²) in [5.74, 6) is -0.602. The Labute approximate surface area is 215 Å². The molecule has 1 saturated heterocycles. The molecule has 6 heterocycles. The van der Waals surface area contributed by atoms with E-state index in [1.54, 1.807) is 23.7 Å². The van der Waals surface area contributed by atoms with E-state index in [4.69, 9.17) is 0 Å². The van der Waals surface area contributed by atoms with E-state index < -0.39 is 17.4 Å². The van der Waals surface area contributed by atoms with Crippen molar-refractivity contribution in [1.82, 2.24) is 33.7 Å². The van der Waals surface area contributed by atoms with Crippen molar-refractivity contribution in [2.24, 2.45) is 13.0 Å². The first kappa shape index (κ1) is 24.9. The van der Waals surface area contributed by atoms with Crippen LogP contribution in [0.4, 0.5) is 13.2 Å². The first-order valence-corrected chi connectivity index (χ1v) is 12.6. The number of rotatable bonds is 4. The van der Waals surface area contributed by atoms with Gasteiger partial charge in [-0.25, -0.2) is 0 Å². The number of aromatic hydroxyl groups is 1. The second-order valence-electron chi connectivity index (χ2n) is 10.5. The molecule has 0 amide bonds. The molecule has 2 atom stereocenters. The van der Waals surface area contributed by atoms with Gasteiger partial charge < -0.3 is 18.8 Å². The van der Waals surface area contributed by atoms with Crippen molar-refractivity contribution in [3.63, 3.8) is 0 Å². The van der Waals surface area contributed by atoms with Crippen LogP contribution in [0.3, 0.4) is 0 Å².